The summed E-state index contributed by atoms with van der Waals surface area (Å²) in [6.45, 7) is 0.892. The molecule has 2 N–H and O–H groups in total. The average molecular weight is 232 g/mol. The van der Waals surface area contributed by atoms with Gasteiger partial charge in [0.05, 0.1) is 0 Å². The second-order valence-electron chi connectivity index (χ2n) is 4.90. The highest BCUT2D eigenvalue weighted by Gasteiger charge is 2.34. The van der Waals surface area contributed by atoms with Crippen molar-refractivity contribution in [3.63, 3.8) is 0 Å². The van der Waals surface area contributed by atoms with Gasteiger partial charge in [-0.3, -0.25) is 10.2 Å². The molecule has 1 heterocycles. The number of nitrogens with zero attached hydrogens (tertiary/aromatic N) is 1. The van der Waals surface area contributed by atoms with Crippen molar-refractivity contribution < 1.29 is 9.90 Å². The number of phenols is 1. The zero-order valence-electron chi connectivity index (χ0n) is 9.60. The molecule has 4 heteroatoms. The fourth-order valence-corrected chi connectivity index (χ4v) is 3.17. The Balaban J connectivity index is 1.91. The first kappa shape index (κ1) is 10.6. The molecule has 0 radical (unpaired) electrons. The second kappa shape index (κ2) is 4.04. The van der Waals surface area contributed by atoms with Gasteiger partial charge in [-0.05, 0) is 48.4 Å². The molecule has 1 amide bonds. The van der Waals surface area contributed by atoms with E-state index >= 15 is 0 Å². The Morgan fingerprint density at radius 2 is 2.35 bits per heavy atom. The standard InChI is InChI=1S/C13H16N2O2/c16-8-14-15-4-3-10-6-11(15)5-9-1-2-12(17)7-13(9)10/h1-2,7-8,10-11,17H,3-6H2,(H,14,16). The van der Waals surface area contributed by atoms with Crippen LogP contribution in [0.2, 0.25) is 0 Å². The summed E-state index contributed by atoms with van der Waals surface area (Å²) in [6, 6.07) is 6.06. The molecular formula is C13H16N2O2. The molecule has 90 valence electrons. The van der Waals surface area contributed by atoms with Crippen molar-refractivity contribution in [3.8, 4) is 5.75 Å². The summed E-state index contributed by atoms with van der Waals surface area (Å²) in [4.78, 5) is 10.5. The van der Waals surface area contributed by atoms with Gasteiger partial charge in [0.25, 0.3) is 0 Å². The van der Waals surface area contributed by atoms with Crippen LogP contribution in [0.4, 0.5) is 0 Å². The first-order chi connectivity index (χ1) is 8.28. The number of fused-ring (bicyclic) bond motifs is 4. The second-order valence-corrected chi connectivity index (χ2v) is 4.90. The zero-order valence-corrected chi connectivity index (χ0v) is 9.60. The van der Waals surface area contributed by atoms with Gasteiger partial charge in [0.15, 0.2) is 0 Å². The number of phenolic OH excluding ortho intramolecular Hbond substituents is 1. The highest BCUT2D eigenvalue weighted by molar-refractivity contribution is 5.45. The van der Waals surface area contributed by atoms with E-state index in [1.165, 1.54) is 11.1 Å². The largest absolute Gasteiger partial charge is 0.508 e. The van der Waals surface area contributed by atoms with Crippen LogP contribution >= 0.6 is 0 Å². The van der Waals surface area contributed by atoms with Gasteiger partial charge in [-0.1, -0.05) is 6.07 Å². The van der Waals surface area contributed by atoms with Gasteiger partial charge >= 0.3 is 0 Å². The van der Waals surface area contributed by atoms with Crippen LogP contribution in [-0.4, -0.2) is 29.1 Å². The third kappa shape index (κ3) is 1.78. The molecule has 2 atom stereocenters. The van der Waals surface area contributed by atoms with E-state index in [1.54, 1.807) is 6.07 Å². The van der Waals surface area contributed by atoms with Crippen LogP contribution in [0.1, 0.15) is 29.9 Å². The number of hydrogen-bond donors (Lipinski definition) is 2. The predicted molar refractivity (Wildman–Crippen MR) is 63.5 cm³/mol. The van der Waals surface area contributed by atoms with E-state index in [0.717, 1.165) is 32.2 Å². The van der Waals surface area contributed by atoms with Gasteiger partial charge in [-0.15, -0.1) is 0 Å². The molecule has 3 rings (SSSR count). The third-order valence-electron chi connectivity index (χ3n) is 3.96. The van der Waals surface area contributed by atoms with Crippen LogP contribution in [0.15, 0.2) is 18.2 Å². The van der Waals surface area contributed by atoms with E-state index in [0.29, 0.717) is 17.7 Å². The molecule has 2 unspecified atom stereocenters. The summed E-state index contributed by atoms with van der Waals surface area (Å²) in [7, 11) is 0. The Bertz CT molecular complexity index is 447. The quantitative estimate of drug-likeness (QED) is 0.752. The van der Waals surface area contributed by atoms with Gasteiger partial charge < -0.3 is 5.11 Å². The maximum absolute atomic E-state index is 10.5. The van der Waals surface area contributed by atoms with Crippen LogP contribution in [0.25, 0.3) is 0 Å². The molecule has 2 bridgehead atoms. The van der Waals surface area contributed by atoms with Crippen molar-refractivity contribution in [1.82, 2.24) is 10.4 Å². The van der Waals surface area contributed by atoms with Crippen molar-refractivity contribution in [2.45, 2.75) is 31.2 Å². The van der Waals surface area contributed by atoms with Crippen molar-refractivity contribution in [2.24, 2.45) is 0 Å². The van der Waals surface area contributed by atoms with E-state index in [2.05, 4.69) is 5.43 Å². The van der Waals surface area contributed by atoms with E-state index < -0.39 is 0 Å². The number of nitrogens with one attached hydrogen (secondary N) is 1. The summed E-state index contributed by atoms with van der Waals surface area (Å²) in [5.41, 5.74) is 5.39. The molecule has 4 nitrogen and oxygen atoms in total. The third-order valence-corrected chi connectivity index (χ3v) is 3.96. The Kier molecular flexibility index (Phi) is 2.52. The van der Waals surface area contributed by atoms with Crippen LogP contribution in [0, 0.1) is 0 Å². The topological polar surface area (TPSA) is 52.6 Å². The maximum atomic E-state index is 10.5. The normalized spacial score (nSPS) is 27.3. The molecule has 1 saturated heterocycles. The predicted octanol–water partition coefficient (Wildman–Crippen LogP) is 1.16. The number of hydrogen-bond acceptors (Lipinski definition) is 3. The van der Waals surface area contributed by atoms with Crippen molar-refractivity contribution >= 4 is 6.41 Å². The lowest BCUT2D eigenvalue weighted by Gasteiger charge is -2.43. The minimum Gasteiger partial charge on any atom is -0.508 e. The molecule has 2 aliphatic rings. The first-order valence-corrected chi connectivity index (χ1v) is 6.06. The fourth-order valence-electron chi connectivity index (χ4n) is 3.17. The number of rotatable bonds is 2. The Labute approximate surface area is 100 Å². The average Bonchev–Trinajstić information content (AvgIpc) is 2.34. The molecule has 17 heavy (non-hydrogen) atoms. The van der Waals surface area contributed by atoms with Gasteiger partial charge in [-0.2, -0.15) is 0 Å². The number of carbonyl (C=O) groups excluding carboxylic acids is 1. The van der Waals surface area contributed by atoms with Crippen LogP contribution in [-0.2, 0) is 11.2 Å². The zero-order chi connectivity index (χ0) is 11.8. The van der Waals surface area contributed by atoms with E-state index in [1.807, 2.05) is 17.1 Å². The fraction of sp³-hybridized carbons (Fsp3) is 0.462. The van der Waals surface area contributed by atoms with Crippen molar-refractivity contribution in [2.75, 3.05) is 6.54 Å². The number of piperidine rings is 1. The van der Waals surface area contributed by atoms with Crippen molar-refractivity contribution in [3.05, 3.63) is 29.3 Å². The minimum atomic E-state index is 0.357. The Morgan fingerprint density at radius 3 is 3.18 bits per heavy atom. The van der Waals surface area contributed by atoms with E-state index in [4.69, 9.17) is 0 Å². The SMILES string of the molecule is O=CNN1CCC2CC1Cc1ccc(O)cc12. The summed E-state index contributed by atoms with van der Waals surface area (Å²) in [5, 5.41) is 11.6. The van der Waals surface area contributed by atoms with Crippen LogP contribution in [0.3, 0.4) is 0 Å². The molecule has 1 fully saturated rings. The van der Waals surface area contributed by atoms with E-state index in [9.17, 15) is 9.90 Å². The lowest BCUT2D eigenvalue weighted by Crippen LogP contribution is -2.52. The van der Waals surface area contributed by atoms with Crippen LogP contribution in [0.5, 0.6) is 5.75 Å². The highest BCUT2D eigenvalue weighted by atomic mass is 16.3. The number of hydrazine groups is 1. The minimum absolute atomic E-state index is 0.357. The summed E-state index contributed by atoms with van der Waals surface area (Å²) >= 11 is 0. The lowest BCUT2D eigenvalue weighted by atomic mass is 9.76. The van der Waals surface area contributed by atoms with Crippen LogP contribution < -0.4 is 5.43 Å². The molecule has 1 aliphatic carbocycles. The summed E-state index contributed by atoms with van der Waals surface area (Å²) in [6.07, 6.45) is 3.81. The lowest BCUT2D eigenvalue weighted by molar-refractivity contribution is -0.115. The first-order valence-electron chi connectivity index (χ1n) is 6.06. The maximum Gasteiger partial charge on any atom is 0.221 e. The smallest absolute Gasteiger partial charge is 0.221 e. The monoisotopic (exact) mass is 232 g/mol. The molecule has 0 spiro atoms. The van der Waals surface area contributed by atoms with Crippen molar-refractivity contribution in [1.29, 1.82) is 0 Å². The molecular weight excluding hydrogens is 216 g/mol. The van der Waals surface area contributed by atoms with E-state index in [-0.39, 0.29) is 0 Å². The van der Waals surface area contributed by atoms with Gasteiger partial charge in [0.2, 0.25) is 6.41 Å². The van der Waals surface area contributed by atoms with Gasteiger partial charge in [0, 0.05) is 12.6 Å². The number of carbonyl (C=O) groups is 1. The van der Waals surface area contributed by atoms with Gasteiger partial charge in [-0.25, -0.2) is 5.01 Å². The Morgan fingerprint density at radius 1 is 1.47 bits per heavy atom. The molecule has 0 saturated carbocycles. The molecule has 1 aliphatic heterocycles. The van der Waals surface area contributed by atoms with Gasteiger partial charge in [0.1, 0.15) is 5.75 Å². The summed E-state index contributed by atoms with van der Waals surface area (Å²) in [5.74, 6) is 0.885. The molecule has 1 aromatic carbocycles. The number of aromatic hydroxyl groups is 1. The number of benzene rings is 1. The number of amides is 1. The summed E-state index contributed by atoms with van der Waals surface area (Å²) < 4.78 is 0. The molecule has 1 aromatic rings. The Hall–Kier alpha value is -1.55. The molecule has 0 aromatic heterocycles. The highest BCUT2D eigenvalue weighted by Crippen LogP contribution is 2.40.